The maximum absolute atomic E-state index is 11.0. The summed E-state index contributed by atoms with van der Waals surface area (Å²) < 4.78 is 2.76. The summed E-state index contributed by atoms with van der Waals surface area (Å²) in [7, 11) is 0. The predicted octanol–water partition coefficient (Wildman–Crippen LogP) is 6.29. The minimum atomic E-state index is -0.949. The van der Waals surface area contributed by atoms with E-state index in [-0.39, 0.29) is 5.75 Å². The summed E-state index contributed by atoms with van der Waals surface area (Å²) in [6, 6.07) is 12.9. The fourth-order valence-corrected chi connectivity index (χ4v) is 5.11. The molecule has 0 fully saturated rings. The average molecular weight is 471 g/mol. The van der Waals surface area contributed by atoms with E-state index in [1.54, 1.807) is 22.8 Å². The van der Waals surface area contributed by atoms with Gasteiger partial charge in [-0.2, -0.15) is 0 Å². The highest BCUT2D eigenvalue weighted by Gasteiger charge is 2.22. The molecule has 5 nitrogen and oxygen atoms in total. The van der Waals surface area contributed by atoms with E-state index in [0.717, 1.165) is 26.7 Å². The highest BCUT2D eigenvalue weighted by atomic mass is 35.5. The van der Waals surface area contributed by atoms with Crippen molar-refractivity contribution in [1.29, 1.82) is 0 Å². The number of nitrogens with zero attached hydrogens (tertiary/aromatic N) is 3. The van der Waals surface area contributed by atoms with Gasteiger partial charge in [-0.25, -0.2) is 0 Å². The van der Waals surface area contributed by atoms with Crippen LogP contribution in [0.2, 0.25) is 15.1 Å². The minimum absolute atomic E-state index is 0.153. The largest absolute Gasteiger partial charge is 0.481 e. The molecule has 4 rings (SSSR count). The Morgan fingerprint density at radius 2 is 1.89 bits per heavy atom. The zero-order chi connectivity index (χ0) is 19.8. The average Bonchev–Trinajstić information content (AvgIpc) is 3.24. The zero-order valence-corrected chi connectivity index (χ0v) is 17.8. The molecule has 4 aromatic rings. The van der Waals surface area contributed by atoms with Gasteiger partial charge < -0.3 is 5.11 Å². The first-order valence-corrected chi connectivity index (χ1v) is 10.8. The van der Waals surface area contributed by atoms with Crippen molar-refractivity contribution in [1.82, 2.24) is 14.8 Å². The van der Waals surface area contributed by atoms with Crippen molar-refractivity contribution in [2.45, 2.75) is 5.16 Å². The van der Waals surface area contributed by atoms with E-state index < -0.39 is 5.97 Å². The first-order chi connectivity index (χ1) is 13.5. The Balaban J connectivity index is 1.92. The van der Waals surface area contributed by atoms with Gasteiger partial charge >= 0.3 is 5.97 Å². The third-order valence-corrected chi connectivity index (χ3v) is 7.18. The summed E-state index contributed by atoms with van der Waals surface area (Å²) in [5.74, 6) is -0.591. The van der Waals surface area contributed by atoms with Gasteiger partial charge in [0.15, 0.2) is 11.0 Å². The summed E-state index contributed by atoms with van der Waals surface area (Å²) in [5, 5.41) is 20.2. The minimum Gasteiger partial charge on any atom is -0.481 e. The summed E-state index contributed by atoms with van der Waals surface area (Å²) in [6.45, 7) is 0. The number of thiophene rings is 1. The van der Waals surface area contributed by atoms with Crippen molar-refractivity contribution in [3.8, 4) is 16.4 Å². The molecule has 0 atom stereocenters. The van der Waals surface area contributed by atoms with Crippen molar-refractivity contribution in [2.24, 2.45) is 0 Å². The third kappa shape index (κ3) is 3.60. The molecule has 0 unspecified atom stereocenters. The Bertz CT molecular complexity index is 1210. The van der Waals surface area contributed by atoms with E-state index >= 15 is 0 Å². The molecule has 0 spiro atoms. The molecule has 0 saturated carbocycles. The van der Waals surface area contributed by atoms with Gasteiger partial charge in [-0.1, -0.05) is 64.8 Å². The first kappa shape index (κ1) is 19.5. The topological polar surface area (TPSA) is 68.0 Å². The highest BCUT2D eigenvalue weighted by molar-refractivity contribution is 7.99. The SMILES string of the molecule is O=C(O)CSc1nnc(-c2sc3ccccc3c2Cl)n1-c1ccc(Cl)c(Cl)c1. The Hall–Kier alpha value is -1.77. The number of carboxylic acid groups (broad SMARTS) is 1. The van der Waals surface area contributed by atoms with Crippen LogP contribution in [0.3, 0.4) is 0 Å². The number of benzene rings is 2. The molecule has 2 aromatic heterocycles. The maximum atomic E-state index is 11.0. The fourth-order valence-electron chi connectivity index (χ4n) is 2.65. The van der Waals surface area contributed by atoms with Crippen LogP contribution in [0.1, 0.15) is 0 Å². The zero-order valence-electron chi connectivity index (χ0n) is 13.9. The standard InChI is InChI=1S/C18H10Cl3N3O2S2/c19-11-6-5-9(7-12(11)20)24-17(22-23-18(24)27-8-14(25)26)16-15(21)10-3-1-2-4-13(10)28-16/h1-7H,8H2,(H,25,26). The molecule has 0 radical (unpaired) electrons. The van der Waals surface area contributed by atoms with Crippen LogP contribution in [0.25, 0.3) is 26.5 Å². The fraction of sp³-hybridized carbons (Fsp3) is 0.0556. The van der Waals surface area contributed by atoms with E-state index in [1.807, 2.05) is 24.3 Å². The molecule has 10 heteroatoms. The number of hydrogen-bond donors (Lipinski definition) is 1. The molecule has 2 heterocycles. The van der Waals surface area contributed by atoms with E-state index in [1.165, 1.54) is 11.3 Å². The molecular weight excluding hydrogens is 461 g/mol. The molecule has 0 aliphatic heterocycles. The lowest BCUT2D eigenvalue weighted by atomic mass is 10.2. The smallest absolute Gasteiger partial charge is 0.313 e. The second-order valence-electron chi connectivity index (χ2n) is 5.66. The lowest BCUT2D eigenvalue weighted by Crippen LogP contribution is -2.03. The summed E-state index contributed by atoms with van der Waals surface area (Å²) in [4.78, 5) is 11.8. The molecule has 142 valence electrons. The molecule has 2 aromatic carbocycles. The van der Waals surface area contributed by atoms with Crippen LogP contribution in [0.15, 0.2) is 47.6 Å². The molecule has 0 aliphatic rings. The van der Waals surface area contributed by atoms with Crippen LogP contribution in [0.5, 0.6) is 0 Å². The molecule has 28 heavy (non-hydrogen) atoms. The van der Waals surface area contributed by atoms with Crippen molar-refractivity contribution in [3.63, 3.8) is 0 Å². The Labute approximate surface area is 182 Å². The Kier molecular flexibility index (Phi) is 5.53. The number of halogens is 3. The van der Waals surface area contributed by atoms with Crippen molar-refractivity contribution < 1.29 is 9.90 Å². The maximum Gasteiger partial charge on any atom is 0.313 e. The van der Waals surface area contributed by atoms with Gasteiger partial charge in [0, 0.05) is 10.1 Å². The van der Waals surface area contributed by atoms with Crippen LogP contribution in [0.4, 0.5) is 0 Å². The quantitative estimate of drug-likeness (QED) is 0.347. The molecule has 1 N–H and O–H groups in total. The van der Waals surface area contributed by atoms with Gasteiger partial charge in [0.05, 0.1) is 31.4 Å². The van der Waals surface area contributed by atoms with Crippen molar-refractivity contribution >= 4 is 74.0 Å². The third-order valence-electron chi connectivity index (χ3n) is 3.86. The summed E-state index contributed by atoms with van der Waals surface area (Å²) in [5.41, 5.74) is 0.663. The first-order valence-electron chi connectivity index (χ1n) is 7.88. The van der Waals surface area contributed by atoms with Crippen molar-refractivity contribution in [2.75, 3.05) is 5.75 Å². The number of rotatable bonds is 5. The van der Waals surface area contributed by atoms with E-state index in [0.29, 0.717) is 31.7 Å². The van der Waals surface area contributed by atoms with Crippen LogP contribution in [0, 0.1) is 0 Å². The van der Waals surface area contributed by atoms with Crippen LogP contribution in [-0.2, 0) is 4.79 Å². The Morgan fingerprint density at radius 3 is 2.61 bits per heavy atom. The number of thioether (sulfide) groups is 1. The second-order valence-corrected chi connectivity index (χ2v) is 8.85. The Morgan fingerprint density at radius 1 is 1.11 bits per heavy atom. The molecule has 0 aliphatic carbocycles. The number of aliphatic carboxylic acids is 1. The van der Waals surface area contributed by atoms with Crippen molar-refractivity contribution in [3.05, 3.63) is 57.5 Å². The summed E-state index contributed by atoms with van der Waals surface area (Å²) >= 11 is 21.4. The molecule has 0 saturated heterocycles. The van der Waals surface area contributed by atoms with Crippen LogP contribution >= 0.6 is 57.9 Å². The number of carboxylic acids is 1. The normalized spacial score (nSPS) is 11.2. The monoisotopic (exact) mass is 469 g/mol. The predicted molar refractivity (Wildman–Crippen MR) is 116 cm³/mol. The van der Waals surface area contributed by atoms with Crippen LogP contribution in [-0.4, -0.2) is 31.6 Å². The number of fused-ring (bicyclic) bond motifs is 1. The van der Waals surface area contributed by atoms with Gasteiger partial charge in [0.25, 0.3) is 0 Å². The number of hydrogen-bond acceptors (Lipinski definition) is 5. The summed E-state index contributed by atoms with van der Waals surface area (Å²) in [6.07, 6.45) is 0. The van der Waals surface area contributed by atoms with E-state index in [4.69, 9.17) is 39.9 Å². The molecular formula is C18H10Cl3N3O2S2. The lowest BCUT2D eigenvalue weighted by Gasteiger charge is -2.10. The van der Waals surface area contributed by atoms with Gasteiger partial charge in [-0.05, 0) is 24.3 Å². The number of aromatic nitrogens is 3. The number of carbonyl (C=O) groups is 1. The van der Waals surface area contributed by atoms with Gasteiger partial charge in [-0.3, -0.25) is 9.36 Å². The van der Waals surface area contributed by atoms with E-state index in [2.05, 4.69) is 10.2 Å². The molecule has 0 amide bonds. The second kappa shape index (κ2) is 7.93. The lowest BCUT2D eigenvalue weighted by molar-refractivity contribution is -0.133. The highest BCUT2D eigenvalue weighted by Crippen LogP contribution is 2.43. The van der Waals surface area contributed by atoms with Gasteiger partial charge in [0.1, 0.15) is 0 Å². The van der Waals surface area contributed by atoms with E-state index in [9.17, 15) is 4.79 Å². The van der Waals surface area contributed by atoms with Gasteiger partial charge in [0.2, 0.25) is 0 Å². The van der Waals surface area contributed by atoms with Crippen LogP contribution < -0.4 is 0 Å². The van der Waals surface area contributed by atoms with Gasteiger partial charge in [-0.15, -0.1) is 21.5 Å². The molecule has 0 bridgehead atoms.